The second-order valence-corrected chi connectivity index (χ2v) is 8.73. The van der Waals surface area contributed by atoms with Crippen molar-refractivity contribution in [2.45, 2.75) is 32.7 Å². The fourth-order valence-electron chi connectivity index (χ4n) is 4.15. The molecule has 144 valence electrons. The number of piperidine rings is 1. The number of amides is 3. The average molecular weight is 369 g/mol. The second kappa shape index (κ2) is 6.55. The number of urea groups is 1. The Bertz CT molecular complexity index is 857. The molecule has 2 aromatic rings. The van der Waals surface area contributed by atoms with Crippen LogP contribution in [0.3, 0.4) is 0 Å². The van der Waals surface area contributed by atoms with Crippen LogP contribution in [-0.2, 0) is 0 Å². The molecule has 4 rings (SSSR count). The molecule has 1 aliphatic heterocycles. The van der Waals surface area contributed by atoms with Gasteiger partial charge in [0.05, 0.1) is 5.56 Å². The van der Waals surface area contributed by atoms with Gasteiger partial charge in [0.1, 0.15) is 5.65 Å². The number of imidazole rings is 1. The van der Waals surface area contributed by atoms with Crippen molar-refractivity contribution in [2.24, 2.45) is 17.8 Å². The van der Waals surface area contributed by atoms with Gasteiger partial charge in [-0.05, 0) is 57.1 Å². The fraction of sp³-hybridized carbons (Fsp3) is 0.550. The van der Waals surface area contributed by atoms with E-state index in [1.807, 2.05) is 42.3 Å². The van der Waals surface area contributed by atoms with E-state index in [0.717, 1.165) is 25.2 Å². The number of carbonyl (C=O) groups is 2. The van der Waals surface area contributed by atoms with Gasteiger partial charge in [0.2, 0.25) is 0 Å². The van der Waals surface area contributed by atoms with Crippen molar-refractivity contribution < 1.29 is 9.59 Å². The van der Waals surface area contributed by atoms with Crippen LogP contribution in [-0.4, -0.2) is 51.4 Å². The molecule has 0 aromatic carbocycles. The predicted molar refractivity (Wildman–Crippen MR) is 102 cm³/mol. The molecule has 2 aromatic heterocycles. The van der Waals surface area contributed by atoms with Crippen molar-refractivity contribution in [3.05, 3.63) is 36.3 Å². The third-order valence-corrected chi connectivity index (χ3v) is 5.55. The molecule has 0 bridgehead atoms. The molecule has 1 unspecified atom stereocenters. The van der Waals surface area contributed by atoms with E-state index in [1.54, 1.807) is 18.5 Å². The lowest BCUT2D eigenvalue weighted by Gasteiger charge is -2.27. The number of hydrogen-bond donors (Lipinski definition) is 2. The molecule has 7 heteroatoms. The molecule has 2 fully saturated rings. The molecule has 3 amide bonds. The molecule has 0 radical (unpaired) electrons. The molecule has 1 saturated heterocycles. The highest BCUT2D eigenvalue weighted by Crippen LogP contribution is 2.53. The smallest absolute Gasteiger partial charge is 0.317 e. The van der Waals surface area contributed by atoms with Crippen LogP contribution in [0.1, 0.15) is 37.6 Å². The predicted octanol–water partition coefficient (Wildman–Crippen LogP) is 2.14. The van der Waals surface area contributed by atoms with Crippen molar-refractivity contribution in [3.8, 4) is 0 Å². The van der Waals surface area contributed by atoms with Gasteiger partial charge in [0.25, 0.3) is 5.91 Å². The first kappa shape index (κ1) is 17.8. The van der Waals surface area contributed by atoms with Gasteiger partial charge >= 0.3 is 6.03 Å². The molecular weight excluding hydrogens is 342 g/mol. The van der Waals surface area contributed by atoms with Crippen LogP contribution in [0.25, 0.3) is 5.65 Å². The molecule has 3 heterocycles. The largest absolute Gasteiger partial charge is 0.352 e. The normalized spacial score (nSPS) is 24.0. The number of hydrogen-bond acceptors (Lipinski definition) is 3. The summed E-state index contributed by atoms with van der Waals surface area (Å²) in [6.45, 7) is 8.34. The Morgan fingerprint density at radius 3 is 2.67 bits per heavy atom. The fourth-order valence-corrected chi connectivity index (χ4v) is 4.15. The van der Waals surface area contributed by atoms with E-state index < -0.39 is 0 Å². The first-order valence-electron chi connectivity index (χ1n) is 9.60. The Hall–Kier alpha value is -2.57. The third-order valence-electron chi connectivity index (χ3n) is 5.55. The molecule has 2 aliphatic rings. The van der Waals surface area contributed by atoms with Crippen molar-refractivity contribution in [3.63, 3.8) is 0 Å². The van der Waals surface area contributed by atoms with Crippen LogP contribution in [0.15, 0.2) is 30.7 Å². The van der Waals surface area contributed by atoms with Crippen LogP contribution < -0.4 is 10.6 Å². The number of likely N-dealkylation sites (tertiary alicyclic amines) is 1. The van der Waals surface area contributed by atoms with E-state index in [2.05, 4.69) is 15.6 Å². The summed E-state index contributed by atoms with van der Waals surface area (Å²) in [5, 5.41) is 6.04. The van der Waals surface area contributed by atoms with Gasteiger partial charge in [-0.15, -0.1) is 0 Å². The Labute approximate surface area is 159 Å². The summed E-state index contributed by atoms with van der Waals surface area (Å²) in [5.74, 6) is 1.76. The molecule has 27 heavy (non-hydrogen) atoms. The van der Waals surface area contributed by atoms with Gasteiger partial charge in [0.15, 0.2) is 0 Å². The SMILES string of the molecule is CC(C)(C)NC(=O)N1C[C@@H]2C(CCNC(=O)c3ccc4nccn4c3)[C@@H]2C1. The quantitative estimate of drug-likeness (QED) is 0.867. The van der Waals surface area contributed by atoms with Gasteiger partial charge < -0.3 is 19.9 Å². The third kappa shape index (κ3) is 3.77. The van der Waals surface area contributed by atoms with Gasteiger partial charge in [-0.1, -0.05) is 0 Å². The zero-order chi connectivity index (χ0) is 19.2. The Balaban J connectivity index is 1.21. The highest BCUT2D eigenvalue weighted by atomic mass is 16.2. The van der Waals surface area contributed by atoms with Crippen LogP contribution in [0.5, 0.6) is 0 Å². The summed E-state index contributed by atoms with van der Waals surface area (Å²) in [5.41, 5.74) is 1.27. The van der Waals surface area contributed by atoms with Gasteiger partial charge in [-0.25, -0.2) is 9.78 Å². The molecule has 7 nitrogen and oxygen atoms in total. The summed E-state index contributed by atoms with van der Waals surface area (Å²) in [7, 11) is 0. The van der Waals surface area contributed by atoms with Crippen molar-refractivity contribution >= 4 is 17.6 Å². The number of pyridine rings is 1. The number of aromatic nitrogens is 2. The van der Waals surface area contributed by atoms with Crippen molar-refractivity contribution in [2.75, 3.05) is 19.6 Å². The number of fused-ring (bicyclic) bond motifs is 2. The van der Waals surface area contributed by atoms with E-state index in [-0.39, 0.29) is 17.5 Å². The molecular formula is C20H27N5O2. The van der Waals surface area contributed by atoms with E-state index in [9.17, 15) is 9.59 Å². The highest BCUT2D eigenvalue weighted by molar-refractivity contribution is 5.94. The van der Waals surface area contributed by atoms with Crippen LogP contribution >= 0.6 is 0 Å². The zero-order valence-electron chi connectivity index (χ0n) is 16.1. The lowest BCUT2D eigenvalue weighted by atomic mass is 10.1. The Morgan fingerprint density at radius 2 is 1.96 bits per heavy atom. The Kier molecular flexibility index (Phi) is 4.32. The summed E-state index contributed by atoms with van der Waals surface area (Å²) >= 11 is 0. The first-order chi connectivity index (χ1) is 12.8. The maximum absolute atomic E-state index is 12.3. The molecule has 3 atom stereocenters. The molecule has 1 aliphatic carbocycles. The van der Waals surface area contributed by atoms with Crippen molar-refractivity contribution in [1.82, 2.24) is 24.9 Å². The Morgan fingerprint density at radius 1 is 1.22 bits per heavy atom. The monoisotopic (exact) mass is 369 g/mol. The number of carbonyl (C=O) groups excluding carboxylic acids is 2. The van der Waals surface area contributed by atoms with E-state index >= 15 is 0 Å². The molecule has 2 N–H and O–H groups in total. The number of nitrogens with one attached hydrogen (secondary N) is 2. The maximum Gasteiger partial charge on any atom is 0.317 e. The molecule has 1 saturated carbocycles. The summed E-state index contributed by atoms with van der Waals surface area (Å²) in [6.07, 6.45) is 6.32. The minimum Gasteiger partial charge on any atom is -0.352 e. The number of rotatable bonds is 4. The highest BCUT2D eigenvalue weighted by Gasteiger charge is 2.55. The minimum atomic E-state index is -0.201. The number of nitrogens with zero attached hydrogens (tertiary/aromatic N) is 3. The maximum atomic E-state index is 12.3. The lowest BCUT2D eigenvalue weighted by molar-refractivity contribution is 0.0951. The second-order valence-electron chi connectivity index (χ2n) is 8.73. The van der Waals surface area contributed by atoms with Crippen LogP contribution in [0.4, 0.5) is 4.79 Å². The summed E-state index contributed by atoms with van der Waals surface area (Å²) < 4.78 is 1.84. The van der Waals surface area contributed by atoms with Crippen LogP contribution in [0, 0.1) is 17.8 Å². The lowest BCUT2D eigenvalue weighted by Crippen LogP contribution is -2.48. The zero-order valence-corrected chi connectivity index (χ0v) is 16.1. The van der Waals surface area contributed by atoms with Gasteiger partial charge in [0, 0.05) is 43.8 Å². The summed E-state index contributed by atoms with van der Waals surface area (Å²) in [4.78, 5) is 30.7. The first-order valence-corrected chi connectivity index (χ1v) is 9.60. The topological polar surface area (TPSA) is 78.7 Å². The average Bonchev–Trinajstić information content (AvgIpc) is 2.99. The minimum absolute atomic E-state index is 0.0386. The van der Waals surface area contributed by atoms with E-state index in [4.69, 9.17) is 0 Å². The van der Waals surface area contributed by atoms with Crippen molar-refractivity contribution in [1.29, 1.82) is 0 Å². The van der Waals surface area contributed by atoms with Gasteiger partial charge in [-0.2, -0.15) is 0 Å². The van der Waals surface area contributed by atoms with Gasteiger partial charge in [-0.3, -0.25) is 4.79 Å². The van der Waals surface area contributed by atoms with Crippen LogP contribution in [0.2, 0.25) is 0 Å². The standard InChI is InChI=1S/C20H27N5O2/c1-20(2,3)23-19(27)25-11-15-14(16(15)12-25)6-7-22-18(26)13-4-5-17-21-8-9-24(17)10-13/h4-5,8-10,14-16H,6-7,11-12H2,1-3H3,(H,22,26)(H,23,27)/t14?,15-,16+. The van der Waals surface area contributed by atoms with E-state index in [1.165, 1.54) is 0 Å². The summed E-state index contributed by atoms with van der Waals surface area (Å²) in [6, 6.07) is 3.68. The van der Waals surface area contributed by atoms with E-state index in [0.29, 0.717) is 29.9 Å². The molecule has 0 spiro atoms.